The Kier molecular flexibility index (Phi) is 6.90. The third kappa shape index (κ3) is 4.76. The third-order valence-corrected chi connectivity index (χ3v) is 6.20. The molecular formula is C23H32O3. The Balaban J connectivity index is 1.51. The maximum Gasteiger partial charge on any atom is 0.337 e. The summed E-state index contributed by atoms with van der Waals surface area (Å²) in [5, 5.41) is 0. The number of allylic oxidation sites excluding steroid dienone is 1. The SMILES string of the molecule is CC/C=C/COC1CCC2CC(c3ccc(C(=O)OC)cc3)CCC2C1. The first kappa shape index (κ1) is 19.2. The van der Waals surface area contributed by atoms with Gasteiger partial charge in [0.15, 0.2) is 0 Å². The largest absolute Gasteiger partial charge is 0.465 e. The van der Waals surface area contributed by atoms with Gasteiger partial charge in [-0.25, -0.2) is 4.79 Å². The van der Waals surface area contributed by atoms with E-state index in [0.29, 0.717) is 17.6 Å². The van der Waals surface area contributed by atoms with Crippen molar-refractivity contribution in [2.24, 2.45) is 11.8 Å². The minimum absolute atomic E-state index is 0.257. The van der Waals surface area contributed by atoms with E-state index in [1.807, 2.05) is 12.1 Å². The molecule has 4 unspecified atom stereocenters. The molecule has 0 bridgehead atoms. The molecule has 3 heteroatoms. The minimum Gasteiger partial charge on any atom is -0.465 e. The van der Waals surface area contributed by atoms with E-state index < -0.39 is 0 Å². The van der Waals surface area contributed by atoms with Crippen LogP contribution in [0.4, 0.5) is 0 Å². The Labute approximate surface area is 157 Å². The van der Waals surface area contributed by atoms with E-state index in [9.17, 15) is 4.79 Å². The standard InChI is InChI=1S/C23H32O3/c1-3-4-5-14-26-22-13-12-20-15-19(10-11-21(20)16-22)17-6-8-18(9-7-17)23(24)25-2/h4-9,19-22H,3,10-16H2,1-2H3/b5-4+. The molecule has 0 radical (unpaired) electrons. The third-order valence-electron chi connectivity index (χ3n) is 6.20. The second-order valence-electron chi connectivity index (χ2n) is 7.79. The smallest absolute Gasteiger partial charge is 0.337 e. The van der Waals surface area contributed by atoms with Crippen molar-refractivity contribution in [2.75, 3.05) is 13.7 Å². The molecule has 1 aromatic rings. The maximum atomic E-state index is 11.6. The summed E-state index contributed by atoms with van der Waals surface area (Å²) in [5.41, 5.74) is 2.01. The van der Waals surface area contributed by atoms with Gasteiger partial charge in [0.1, 0.15) is 0 Å². The second-order valence-corrected chi connectivity index (χ2v) is 7.79. The highest BCUT2D eigenvalue weighted by Crippen LogP contribution is 2.46. The first-order valence-corrected chi connectivity index (χ1v) is 10.2. The molecule has 3 nitrogen and oxygen atoms in total. The summed E-state index contributed by atoms with van der Waals surface area (Å²) in [4.78, 5) is 11.6. The summed E-state index contributed by atoms with van der Waals surface area (Å²) >= 11 is 0. The Hall–Kier alpha value is -1.61. The second kappa shape index (κ2) is 9.36. The van der Waals surface area contributed by atoms with E-state index in [1.165, 1.54) is 51.2 Å². The van der Waals surface area contributed by atoms with Crippen LogP contribution in [0.2, 0.25) is 0 Å². The predicted molar refractivity (Wildman–Crippen MR) is 104 cm³/mol. The summed E-state index contributed by atoms with van der Waals surface area (Å²) in [6.07, 6.45) is 13.4. The average molecular weight is 357 g/mol. The summed E-state index contributed by atoms with van der Waals surface area (Å²) in [5.74, 6) is 2.04. The van der Waals surface area contributed by atoms with E-state index in [0.717, 1.165) is 24.9 Å². The lowest BCUT2D eigenvalue weighted by Crippen LogP contribution is -2.33. The number of hydrogen-bond acceptors (Lipinski definition) is 3. The van der Waals surface area contributed by atoms with E-state index in [1.54, 1.807) is 0 Å². The van der Waals surface area contributed by atoms with Gasteiger partial charge in [-0.3, -0.25) is 0 Å². The van der Waals surface area contributed by atoms with Gasteiger partial charge < -0.3 is 9.47 Å². The van der Waals surface area contributed by atoms with Crippen LogP contribution in [0.25, 0.3) is 0 Å². The van der Waals surface area contributed by atoms with Crippen LogP contribution in [0.15, 0.2) is 36.4 Å². The van der Waals surface area contributed by atoms with Crippen molar-refractivity contribution in [3.63, 3.8) is 0 Å². The van der Waals surface area contributed by atoms with Crippen LogP contribution in [0, 0.1) is 11.8 Å². The highest BCUT2D eigenvalue weighted by atomic mass is 16.5. The zero-order valence-corrected chi connectivity index (χ0v) is 16.2. The van der Waals surface area contributed by atoms with Crippen molar-refractivity contribution in [3.8, 4) is 0 Å². The van der Waals surface area contributed by atoms with Gasteiger partial charge in [0, 0.05) is 0 Å². The fourth-order valence-electron chi connectivity index (χ4n) is 4.74. The number of carbonyl (C=O) groups is 1. The van der Waals surface area contributed by atoms with Crippen molar-refractivity contribution in [1.29, 1.82) is 0 Å². The molecule has 26 heavy (non-hydrogen) atoms. The molecule has 142 valence electrons. The topological polar surface area (TPSA) is 35.5 Å². The van der Waals surface area contributed by atoms with Gasteiger partial charge >= 0.3 is 5.97 Å². The minimum atomic E-state index is -0.257. The highest BCUT2D eigenvalue weighted by Gasteiger charge is 2.36. The van der Waals surface area contributed by atoms with Gasteiger partial charge in [-0.2, -0.15) is 0 Å². The van der Waals surface area contributed by atoms with Gasteiger partial charge in [-0.1, -0.05) is 31.2 Å². The molecule has 2 aliphatic carbocycles. The zero-order valence-electron chi connectivity index (χ0n) is 16.2. The average Bonchev–Trinajstić information content (AvgIpc) is 2.70. The van der Waals surface area contributed by atoms with Crippen molar-refractivity contribution >= 4 is 5.97 Å². The quantitative estimate of drug-likeness (QED) is 0.498. The van der Waals surface area contributed by atoms with Gasteiger partial charge in [-0.05, 0) is 80.4 Å². The van der Waals surface area contributed by atoms with Crippen LogP contribution < -0.4 is 0 Å². The fraction of sp³-hybridized carbons (Fsp3) is 0.609. The molecular weight excluding hydrogens is 324 g/mol. The molecule has 0 aromatic heterocycles. The van der Waals surface area contributed by atoms with E-state index in [4.69, 9.17) is 9.47 Å². The summed E-state index contributed by atoms with van der Waals surface area (Å²) in [6.45, 7) is 2.92. The lowest BCUT2D eigenvalue weighted by atomic mass is 9.65. The van der Waals surface area contributed by atoms with Crippen LogP contribution in [-0.2, 0) is 9.47 Å². The van der Waals surface area contributed by atoms with Crippen molar-refractivity contribution in [2.45, 2.75) is 63.9 Å². The number of fused-ring (bicyclic) bond motifs is 1. The van der Waals surface area contributed by atoms with Gasteiger partial charge in [-0.15, -0.1) is 0 Å². The predicted octanol–water partition coefficient (Wildman–Crippen LogP) is 5.51. The van der Waals surface area contributed by atoms with E-state index in [-0.39, 0.29) is 5.97 Å². The molecule has 0 saturated heterocycles. The summed E-state index contributed by atoms with van der Waals surface area (Å²) in [6, 6.07) is 8.04. The maximum absolute atomic E-state index is 11.6. The van der Waals surface area contributed by atoms with E-state index in [2.05, 4.69) is 31.2 Å². The van der Waals surface area contributed by atoms with Crippen LogP contribution in [-0.4, -0.2) is 25.8 Å². The zero-order chi connectivity index (χ0) is 18.4. The number of rotatable bonds is 6. The molecule has 2 aliphatic rings. The monoisotopic (exact) mass is 356 g/mol. The molecule has 4 atom stereocenters. The molecule has 0 aliphatic heterocycles. The number of carbonyl (C=O) groups excluding carboxylic acids is 1. The molecule has 2 fully saturated rings. The van der Waals surface area contributed by atoms with Crippen molar-refractivity contribution in [1.82, 2.24) is 0 Å². The highest BCUT2D eigenvalue weighted by molar-refractivity contribution is 5.89. The molecule has 0 amide bonds. The first-order valence-electron chi connectivity index (χ1n) is 10.2. The Morgan fingerprint density at radius 3 is 2.50 bits per heavy atom. The van der Waals surface area contributed by atoms with Crippen LogP contribution in [0.1, 0.15) is 73.7 Å². The fourth-order valence-corrected chi connectivity index (χ4v) is 4.74. The van der Waals surface area contributed by atoms with Crippen molar-refractivity contribution in [3.05, 3.63) is 47.5 Å². The van der Waals surface area contributed by atoms with Crippen LogP contribution in [0.5, 0.6) is 0 Å². The molecule has 3 rings (SSSR count). The molecule has 0 spiro atoms. The van der Waals surface area contributed by atoms with Gasteiger partial charge in [0.05, 0.1) is 25.4 Å². The van der Waals surface area contributed by atoms with Crippen LogP contribution >= 0.6 is 0 Å². The summed E-state index contributed by atoms with van der Waals surface area (Å²) in [7, 11) is 1.43. The Morgan fingerprint density at radius 2 is 1.77 bits per heavy atom. The first-order chi connectivity index (χ1) is 12.7. The molecule has 1 aromatic carbocycles. The molecule has 0 heterocycles. The van der Waals surface area contributed by atoms with Gasteiger partial charge in [0.25, 0.3) is 0 Å². The number of hydrogen-bond donors (Lipinski definition) is 0. The number of benzene rings is 1. The number of esters is 1. The Bertz CT molecular complexity index is 604. The molecule has 2 saturated carbocycles. The van der Waals surface area contributed by atoms with Crippen LogP contribution in [0.3, 0.4) is 0 Å². The lowest BCUT2D eigenvalue weighted by Gasteiger charge is -2.42. The summed E-state index contributed by atoms with van der Waals surface area (Å²) < 4.78 is 10.8. The Morgan fingerprint density at radius 1 is 1.04 bits per heavy atom. The lowest BCUT2D eigenvalue weighted by molar-refractivity contribution is -0.00321. The van der Waals surface area contributed by atoms with Crippen molar-refractivity contribution < 1.29 is 14.3 Å². The van der Waals surface area contributed by atoms with Gasteiger partial charge in [0.2, 0.25) is 0 Å². The normalized spacial score (nSPS) is 28.7. The number of methoxy groups -OCH3 is 1. The van der Waals surface area contributed by atoms with E-state index >= 15 is 0 Å². The number of ether oxygens (including phenoxy) is 2. The molecule has 0 N–H and O–H groups in total.